The van der Waals surface area contributed by atoms with Gasteiger partial charge in [-0.2, -0.15) is 4.31 Å². The first-order valence-corrected chi connectivity index (χ1v) is 9.66. The third-order valence-electron chi connectivity index (χ3n) is 4.03. The molecule has 0 aliphatic carbocycles. The maximum absolute atomic E-state index is 12.8. The van der Waals surface area contributed by atoms with Gasteiger partial charge in [0, 0.05) is 36.2 Å². The lowest BCUT2D eigenvalue weighted by Gasteiger charge is -2.22. The Morgan fingerprint density at radius 2 is 2.08 bits per heavy atom. The van der Waals surface area contributed by atoms with Crippen LogP contribution in [0.5, 0.6) is 0 Å². The van der Waals surface area contributed by atoms with Crippen LogP contribution in [0.4, 0.5) is 4.79 Å². The fourth-order valence-electron chi connectivity index (χ4n) is 2.88. The van der Waals surface area contributed by atoms with E-state index in [4.69, 9.17) is 4.74 Å². The fraction of sp³-hybridized carbons (Fsp3) is 0.471. The first-order chi connectivity index (χ1) is 11.6. The summed E-state index contributed by atoms with van der Waals surface area (Å²) in [6.45, 7) is 5.97. The predicted molar refractivity (Wildman–Crippen MR) is 94.8 cm³/mol. The number of H-pyrrole nitrogens is 1. The quantitative estimate of drug-likeness (QED) is 0.874. The topological polar surface area (TPSA) is 91.5 Å². The van der Waals surface area contributed by atoms with Crippen LogP contribution in [0, 0.1) is 0 Å². The Bertz CT molecular complexity index is 883. The summed E-state index contributed by atoms with van der Waals surface area (Å²) < 4.78 is 32.3. The molecule has 136 valence electrons. The summed E-state index contributed by atoms with van der Waals surface area (Å²) in [4.78, 5) is 15.2. The van der Waals surface area contributed by atoms with Crippen molar-refractivity contribution >= 4 is 27.0 Å². The maximum Gasteiger partial charge on any atom is 0.407 e. The maximum atomic E-state index is 12.8. The Hall–Kier alpha value is -2.06. The van der Waals surface area contributed by atoms with Crippen LogP contribution >= 0.6 is 0 Å². The molecule has 2 aromatic rings. The normalized spacial score (nSPS) is 19.2. The molecule has 0 unspecified atom stereocenters. The summed E-state index contributed by atoms with van der Waals surface area (Å²) >= 11 is 0. The van der Waals surface area contributed by atoms with Crippen molar-refractivity contribution in [2.45, 2.75) is 43.7 Å². The van der Waals surface area contributed by atoms with Gasteiger partial charge in [-0.3, -0.25) is 0 Å². The lowest BCUT2D eigenvalue weighted by atomic mass is 10.2. The van der Waals surface area contributed by atoms with Crippen LogP contribution in [0.2, 0.25) is 0 Å². The predicted octanol–water partition coefficient (Wildman–Crippen LogP) is 2.46. The van der Waals surface area contributed by atoms with Gasteiger partial charge in [0.25, 0.3) is 0 Å². The molecule has 1 atom stereocenters. The molecule has 1 saturated heterocycles. The smallest absolute Gasteiger partial charge is 0.407 e. The molecule has 1 amide bonds. The Morgan fingerprint density at radius 3 is 2.80 bits per heavy atom. The van der Waals surface area contributed by atoms with Gasteiger partial charge in [-0.25, -0.2) is 13.2 Å². The zero-order chi connectivity index (χ0) is 18.2. The number of aromatic nitrogens is 1. The highest BCUT2D eigenvalue weighted by molar-refractivity contribution is 7.89. The van der Waals surface area contributed by atoms with Crippen molar-refractivity contribution in [2.75, 3.05) is 13.1 Å². The van der Waals surface area contributed by atoms with Crippen LogP contribution in [0.3, 0.4) is 0 Å². The number of nitrogens with zero attached hydrogens (tertiary/aromatic N) is 1. The highest BCUT2D eigenvalue weighted by atomic mass is 32.2. The number of carbonyl (C=O) groups excluding carboxylic acids is 1. The molecule has 3 rings (SSSR count). The van der Waals surface area contributed by atoms with E-state index in [0.717, 1.165) is 10.9 Å². The number of nitrogens with one attached hydrogen (secondary N) is 2. The fourth-order valence-corrected chi connectivity index (χ4v) is 4.42. The van der Waals surface area contributed by atoms with Crippen LogP contribution < -0.4 is 5.32 Å². The second-order valence-corrected chi connectivity index (χ2v) is 9.16. The van der Waals surface area contributed by atoms with Gasteiger partial charge in [0.1, 0.15) is 5.60 Å². The van der Waals surface area contributed by atoms with E-state index in [1.54, 1.807) is 45.2 Å². The number of benzene rings is 1. The standard InChI is InChI=1S/C17H23N3O4S/c1-17(2,3)24-16(21)19-13-7-9-20(11-13)25(22,23)14-4-5-15-12(10-14)6-8-18-15/h4-6,8,10,13,18H,7,9,11H2,1-3H3,(H,19,21)/t13-/m0/s1. The van der Waals surface area contributed by atoms with E-state index in [-0.39, 0.29) is 17.5 Å². The average Bonchev–Trinajstić information content (AvgIpc) is 3.13. The van der Waals surface area contributed by atoms with Gasteiger partial charge >= 0.3 is 6.09 Å². The van der Waals surface area contributed by atoms with E-state index >= 15 is 0 Å². The molecule has 7 nitrogen and oxygen atoms in total. The van der Waals surface area contributed by atoms with E-state index < -0.39 is 21.7 Å². The molecular formula is C17H23N3O4S. The van der Waals surface area contributed by atoms with Crippen molar-refractivity contribution in [3.63, 3.8) is 0 Å². The number of carbonyl (C=O) groups is 1. The molecule has 1 aromatic heterocycles. The molecule has 2 N–H and O–H groups in total. The molecule has 25 heavy (non-hydrogen) atoms. The summed E-state index contributed by atoms with van der Waals surface area (Å²) in [5, 5.41) is 3.59. The molecule has 1 aliphatic heterocycles. The molecule has 1 aliphatic rings. The summed E-state index contributed by atoms with van der Waals surface area (Å²) in [6.07, 6.45) is 1.81. The number of hydrogen-bond donors (Lipinski definition) is 2. The number of rotatable bonds is 3. The average molecular weight is 365 g/mol. The Balaban J connectivity index is 1.69. The molecule has 0 bridgehead atoms. The van der Waals surface area contributed by atoms with Gasteiger partial charge in [-0.05, 0) is 51.5 Å². The summed E-state index contributed by atoms with van der Waals surface area (Å²) in [5.41, 5.74) is 0.310. The van der Waals surface area contributed by atoms with Crippen molar-refractivity contribution in [3.8, 4) is 0 Å². The van der Waals surface area contributed by atoms with Gasteiger partial charge in [0.05, 0.1) is 4.90 Å². The monoisotopic (exact) mass is 365 g/mol. The van der Waals surface area contributed by atoms with Crippen LogP contribution in [0.25, 0.3) is 10.9 Å². The first-order valence-electron chi connectivity index (χ1n) is 8.22. The molecule has 0 radical (unpaired) electrons. The van der Waals surface area contributed by atoms with E-state index in [1.807, 2.05) is 6.07 Å². The van der Waals surface area contributed by atoms with Gasteiger partial charge in [0.15, 0.2) is 0 Å². The molecule has 1 aromatic carbocycles. The van der Waals surface area contributed by atoms with E-state index in [9.17, 15) is 13.2 Å². The minimum absolute atomic E-state index is 0.243. The summed E-state index contributed by atoms with van der Waals surface area (Å²) in [6, 6.07) is 6.61. The number of ether oxygens (including phenoxy) is 1. The summed E-state index contributed by atoms with van der Waals surface area (Å²) in [5.74, 6) is 0. The van der Waals surface area contributed by atoms with Crippen molar-refractivity contribution in [3.05, 3.63) is 30.5 Å². The Kier molecular flexibility index (Phi) is 4.51. The lowest BCUT2D eigenvalue weighted by molar-refractivity contribution is 0.0507. The Labute approximate surface area is 147 Å². The largest absolute Gasteiger partial charge is 0.444 e. The molecule has 1 fully saturated rings. The summed E-state index contributed by atoms with van der Waals surface area (Å²) in [7, 11) is -3.58. The van der Waals surface area contributed by atoms with Crippen molar-refractivity contribution in [1.29, 1.82) is 0 Å². The number of alkyl carbamates (subject to hydrolysis) is 1. The van der Waals surface area contributed by atoms with Gasteiger partial charge in [0.2, 0.25) is 10.0 Å². The number of hydrogen-bond acceptors (Lipinski definition) is 4. The minimum atomic E-state index is -3.58. The SMILES string of the molecule is CC(C)(C)OC(=O)N[C@H]1CCN(S(=O)(=O)c2ccc3[nH]ccc3c2)C1. The van der Waals surface area contributed by atoms with Gasteiger partial charge in [-0.1, -0.05) is 0 Å². The van der Waals surface area contributed by atoms with Crippen LogP contribution in [-0.4, -0.2) is 48.5 Å². The zero-order valence-electron chi connectivity index (χ0n) is 14.6. The van der Waals surface area contributed by atoms with E-state index in [1.165, 1.54) is 4.31 Å². The van der Waals surface area contributed by atoms with Crippen LogP contribution in [-0.2, 0) is 14.8 Å². The first kappa shape index (κ1) is 17.8. The molecule has 0 spiro atoms. The Morgan fingerprint density at radius 1 is 1.32 bits per heavy atom. The number of amides is 1. The van der Waals surface area contributed by atoms with Crippen molar-refractivity contribution in [1.82, 2.24) is 14.6 Å². The molecule has 0 saturated carbocycles. The second kappa shape index (κ2) is 6.34. The third-order valence-corrected chi connectivity index (χ3v) is 5.90. The van der Waals surface area contributed by atoms with Crippen LogP contribution in [0.1, 0.15) is 27.2 Å². The van der Waals surface area contributed by atoms with Gasteiger partial charge < -0.3 is 15.0 Å². The van der Waals surface area contributed by atoms with Crippen molar-refractivity contribution < 1.29 is 17.9 Å². The highest BCUT2D eigenvalue weighted by Crippen LogP contribution is 2.24. The number of aromatic amines is 1. The van der Waals surface area contributed by atoms with E-state index in [2.05, 4.69) is 10.3 Å². The van der Waals surface area contributed by atoms with Crippen molar-refractivity contribution in [2.24, 2.45) is 0 Å². The van der Waals surface area contributed by atoms with E-state index in [0.29, 0.717) is 13.0 Å². The zero-order valence-corrected chi connectivity index (χ0v) is 15.4. The number of fused-ring (bicyclic) bond motifs is 1. The van der Waals surface area contributed by atoms with Crippen LogP contribution in [0.15, 0.2) is 35.4 Å². The molecule has 2 heterocycles. The highest BCUT2D eigenvalue weighted by Gasteiger charge is 2.34. The molecular weight excluding hydrogens is 342 g/mol. The van der Waals surface area contributed by atoms with Gasteiger partial charge in [-0.15, -0.1) is 0 Å². The minimum Gasteiger partial charge on any atom is -0.444 e. The third kappa shape index (κ3) is 3.96. The number of sulfonamides is 1. The second-order valence-electron chi connectivity index (χ2n) is 7.22. The molecule has 8 heteroatoms. The lowest BCUT2D eigenvalue weighted by Crippen LogP contribution is -2.41.